The first-order chi connectivity index (χ1) is 6.06. The first kappa shape index (κ1) is 11.4. The van der Waals surface area contributed by atoms with E-state index in [2.05, 4.69) is 13.2 Å². The van der Waals surface area contributed by atoms with Crippen LogP contribution in [0.5, 0.6) is 0 Å². The van der Waals surface area contributed by atoms with Gasteiger partial charge in [-0.2, -0.15) is 0 Å². The van der Waals surface area contributed by atoms with Crippen LogP contribution in [0.2, 0.25) is 0 Å². The van der Waals surface area contributed by atoms with Crippen molar-refractivity contribution in [3.8, 4) is 0 Å². The second-order valence-electron chi connectivity index (χ2n) is 2.91. The normalized spacial score (nSPS) is 10.6. The maximum absolute atomic E-state index is 6.89. The van der Waals surface area contributed by atoms with Gasteiger partial charge in [0.15, 0.2) is 0 Å². The summed E-state index contributed by atoms with van der Waals surface area (Å²) in [5.41, 5.74) is 1.55. The summed E-state index contributed by atoms with van der Waals surface area (Å²) < 4.78 is 0. The zero-order chi connectivity index (χ0) is 10.3. The van der Waals surface area contributed by atoms with Gasteiger partial charge < -0.3 is 10.3 Å². The lowest BCUT2D eigenvalue weighted by molar-refractivity contribution is 0.563. The number of hydrogen-bond donors (Lipinski definition) is 1. The summed E-state index contributed by atoms with van der Waals surface area (Å²) in [5, 5.41) is 6.89. The molecular formula is C11H16N2. The van der Waals surface area contributed by atoms with Crippen LogP contribution in [0, 0.1) is 5.41 Å². The molecule has 0 aliphatic carbocycles. The van der Waals surface area contributed by atoms with E-state index in [4.69, 9.17) is 5.41 Å². The molecule has 0 radical (unpaired) electrons. The molecule has 2 nitrogen and oxygen atoms in total. The van der Waals surface area contributed by atoms with Crippen LogP contribution in [0.25, 0.3) is 0 Å². The van der Waals surface area contributed by atoms with E-state index >= 15 is 0 Å². The molecule has 0 aromatic heterocycles. The summed E-state index contributed by atoms with van der Waals surface area (Å²) in [6.07, 6.45) is 8.61. The fourth-order valence-corrected chi connectivity index (χ4v) is 0.563. The number of allylic oxidation sites excluding steroid dienone is 5. The van der Waals surface area contributed by atoms with Gasteiger partial charge >= 0.3 is 0 Å². The Morgan fingerprint density at radius 3 is 2.08 bits per heavy atom. The molecule has 0 heterocycles. The molecule has 0 rings (SSSR count). The minimum atomic E-state index is 0.666. The van der Waals surface area contributed by atoms with Gasteiger partial charge in [0, 0.05) is 20.3 Å². The van der Waals surface area contributed by atoms with Gasteiger partial charge in [-0.05, 0) is 23.4 Å². The molecule has 0 aromatic carbocycles. The summed E-state index contributed by atoms with van der Waals surface area (Å²) in [7, 11) is 3.90. The third-order valence-corrected chi connectivity index (χ3v) is 1.28. The zero-order valence-electron chi connectivity index (χ0n) is 8.25. The molecule has 0 saturated carbocycles. The fraction of sp³-hybridized carbons (Fsp3) is 0.182. The molecule has 13 heavy (non-hydrogen) atoms. The SMILES string of the molecule is C=C(C=N)/C=C\C(=C)/C=C\N(C)C. The van der Waals surface area contributed by atoms with Crippen LogP contribution in [0.3, 0.4) is 0 Å². The molecule has 0 aromatic rings. The van der Waals surface area contributed by atoms with Crippen LogP contribution >= 0.6 is 0 Å². The van der Waals surface area contributed by atoms with Gasteiger partial charge in [0.05, 0.1) is 0 Å². The third-order valence-electron chi connectivity index (χ3n) is 1.28. The van der Waals surface area contributed by atoms with Crippen LogP contribution in [0.15, 0.2) is 48.7 Å². The second kappa shape index (κ2) is 6.00. The van der Waals surface area contributed by atoms with Gasteiger partial charge in [0.1, 0.15) is 0 Å². The Kier molecular flexibility index (Phi) is 5.28. The van der Waals surface area contributed by atoms with Crippen molar-refractivity contribution in [2.24, 2.45) is 0 Å². The van der Waals surface area contributed by atoms with E-state index in [0.717, 1.165) is 5.57 Å². The number of rotatable bonds is 5. The molecule has 2 heteroatoms. The van der Waals surface area contributed by atoms with Crippen molar-refractivity contribution in [1.82, 2.24) is 4.90 Å². The van der Waals surface area contributed by atoms with E-state index in [0.29, 0.717) is 5.57 Å². The smallest absolute Gasteiger partial charge is 0.0244 e. The maximum Gasteiger partial charge on any atom is 0.0244 e. The van der Waals surface area contributed by atoms with Crippen LogP contribution < -0.4 is 0 Å². The van der Waals surface area contributed by atoms with Crippen molar-refractivity contribution in [3.63, 3.8) is 0 Å². The van der Waals surface area contributed by atoms with Crippen LogP contribution in [0.1, 0.15) is 0 Å². The average Bonchev–Trinajstić information content (AvgIpc) is 2.10. The van der Waals surface area contributed by atoms with Crippen LogP contribution in [-0.2, 0) is 0 Å². The minimum absolute atomic E-state index is 0.666. The maximum atomic E-state index is 6.89. The van der Waals surface area contributed by atoms with E-state index in [1.54, 1.807) is 6.08 Å². The van der Waals surface area contributed by atoms with Gasteiger partial charge in [-0.25, -0.2) is 0 Å². The zero-order valence-corrected chi connectivity index (χ0v) is 8.25. The molecular weight excluding hydrogens is 160 g/mol. The number of hydrogen-bond acceptors (Lipinski definition) is 2. The fourth-order valence-electron chi connectivity index (χ4n) is 0.563. The van der Waals surface area contributed by atoms with Gasteiger partial charge in [0.2, 0.25) is 0 Å². The van der Waals surface area contributed by atoms with E-state index in [1.807, 2.05) is 37.3 Å². The molecule has 0 atom stereocenters. The number of nitrogens with zero attached hydrogens (tertiary/aromatic N) is 1. The summed E-state index contributed by atoms with van der Waals surface area (Å²) >= 11 is 0. The summed E-state index contributed by atoms with van der Waals surface area (Å²) in [4.78, 5) is 1.93. The highest BCUT2D eigenvalue weighted by Gasteiger charge is 1.82. The molecule has 0 fully saturated rings. The lowest BCUT2D eigenvalue weighted by Crippen LogP contribution is -1.99. The van der Waals surface area contributed by atoms with E-state index in [9.17, 15) is 0 Å². The topological polar surface area (TPSA) is 27.1 Å². The molecule has 0 aliphatic rings. The Morgan fingerprint density at radius 2 is 1.62 bits per heavy atom. The van der Waals surface area contributed by atoms with Crippen molar-refractivity contribution in [3.05, 3.63) is 48.7 Å². The van der Waals surface area contributed by atoms with Gasteiger partial charge in [-0.3, -0.25) is 0 Å². The van der Waals surface area contributed by atoms with Crippen molar-refractivity contribution >= 4 is 6.21 Å². The third kappa shape index (κ3) is 6.81. The lowest BCUT2D eigenvalue weighted by atomic mass is 10.2. The predicted octanol–water partition coefficient (Wildman–Crippen LogP) is 2.38. The Morgan fingerprint density at radius 1 is 1.08 bits per heavy atom. The Balaban J connectivity index is 4.08. The average molecular weight is 176 g/mol. The molecule has 0 amide bonds. The van der Waals surface area contributed by atoms with Gasteiger partial charge in [-0.15, -0.1) is 0 Å². The minimum Gasteiger partial charge on any atom is -0.383 e. The van der Waals surface area contributed by atoms with Crippen molar-refractivity contribution in [1.29, 1.82) is 5.41 Å². The molecule has 0 spiro atoms. The Labute approximate surface area is 80.1 Å². The largest absolute Gasteiger partial charge is 0.383 e. The van der Waals surface area contributed by atoms with Crippen molar-refractivity contribution in [2.45, 2.75) is 0 Å². The molecule has 1 N–H and O–H groups in total. The van der Waals surface area contributed by atoms with E-state index in [-0.39, 0.29) is 0 Å². The monoisotopic (exact) mass is 176 g/mol. The van der Waals surface area contributed by atoms with E-state index < -0.39 is 0 Å². The first-order valence-electron chi connectivity index (χ1n) is 3.97. The molecule has 0 saturated heterocycles. The lowest BCUT2D eigenvalue weighted by Gasteiger charge is -2.02. The summed E-state index contributed by atoms with van der Waals surface area (Å²) in [6.45, 7) is 7.45. The highest BCUT2D eigenvalue weighted by atomic mass is 15.0. The van der Waals surface area contributed by atoms with Crippen LogP contribution in [0.4, 0.5) is 0 Å². The summed E-state index contributed by atoms with van der Waals surface area (Å²) in [5.74, 6) is 0. The number of nitrogens with one attached hydrogen (secondary N) is 1. The standard InChI is InChI=1S/C11H16N2/c1-10(7-8-13(3)4)5-6-11(2)9-12/h5-9,12H,1-2H2,3-4H3/b6-5-,8-7-,12-9?. The Hall–Kier alpha value is -1.57. The highest BCUT2D eigenvalue weighted by molar-refractivity contribution is 5.78. The second-order valence-corrected chi connectivity index (χ2v) is 2.91. The van der Waals surface area contributed by atoms with Gasteiger partial charge in [-0.1, -0.05) is 25.3 Å². The molecule has 0 unspecified atom stereocenters. The Bertz CT molecular complexity index is 257. The molecule has 0 aliphatic heterocycles. The van der Waals surface area contributed by atoms with Crippen molar-refractivity contribution in [2.75, 3.05) is 14.1 Å². The molecule has 0 bridgehead atoms. The van der Waals surface area contributed by atoms with E-state index in [1.165, 1.54) is 6.21 Å². The quantitative estimate of drug-likeness (QED) is 0.505. The molecule has 70 valence electrons. The van der Waals surface area contributed by atoms with Crippen molar-refractivity contribution < 1.29 is 0 Å². The van der Waals surface area contributed by atoms with Gasteiger partial charge in [0.25, 0.3) is 0 Å². The highest BCUT2D eigenvalue weighted by Crippen LogP contribution is 1.98. The first-order valence-corrected chi connectivity index (χ1v) is 3.97. The summed E-state index contributed by atoms with van der Waals surface area (Å²) in [6, 6.07) is 0. The predicted molar refractivity (Wildman–Crippen MR) is 59.0 cm³/mol. The van der Waals surface area contributed by atoms with Crippen LogP contribution in [-0.4, -0.2) is 25.2 Å².